The highest BCUT2D eigenvalue weighted by molar-refractivity contribution is 9.10. The summed E-state index contributed by atoms with van der Waals surface area (Å²) in [7, 11) is 0. The number of rotatable bonds is 5. The van der Waals surface area contributed by atoms with Gasteiger partial charge in [-0.2, -0.15) is 0 Å². The Morgan fingerprint density at radius 3 is 2.70 bits per heavy atom. The third kappa shape index (κ3) is 4.69. The number of carbonyl (C=O) groups is 1. The van der Waals surface area contributed by atoms with Crippen LogP contribution >= 0.6 is 27.5 Å². The predicted octanol–water partition coefficient (Wildman–Crippen LogP) is 5.35. The summed E-state index contributed by atoms with van der Waals surface area (Å²) in [5.74, 6) is -0.364. The van der Waals surface area contributed by atoms with Crippen LogP contribution in [0.25, 0.3) is 0 Å². The molecule has 0 saturated carbocycles. The van der Waals surface area contributed by atoms with Crippen LogP contribution in [0.15, 0.2) is 40.9 Å². The lowest BCUT2D eigenvalue weighted by Crippen LogP contribution is -2.32. The maximum absolute atomic E-state index is 13.8. The molecule has 1 N–H and O–H groups in total. The SMILES string of the molecule is CC[C@@H](Oc1ccc(Cl)c(C)c1)C(=O)Nc1ccc(Br)cc1F. The average Bonchev–Trinajstić information content (AvgIpc) is 2.51. The molecular weight excluding hydrogens is 385 g/mol. The van der Waals surface area contributed by atoms with Gasteiger partial charge in [-0.25, -0.2) is 4.39 Å². The van der Waals surface area contributed by atoms with Gasteiger partial charge >= 0.3 is 0 Å². The molecule has 0 bridgehead atoms. The number of anilines is 1. The van der Waals surface area contributed by atoms with Gasteiger partial charge in [0.25, 0.3) is 5.91 Å². The van der Waals surface area contributed by atoms with E-state index in [1.807, 2.05) is 13.8 Å². The van der Waals surface area contributed by atoms with E-state index in [2.05, 4.69) is 21.2 Å². The van der Waals surface area contributed by atoms with Crippen LogP contribution in [0, 0.1) is 12.7 Å². The monoisotopic (exact) mass is 399 g/mol. The lowest BCUT2D eigenvalue weighted by atomic mass is 10.2. The first-order chi connectivity index (χ1) is 10.9. The lowest BCUT2D eigenvalue weighted by Gasteiger charge is -2.18. The van der Waals surface area contributed by atoms with Crippen LogP contribution in [0.2, 0.25) is 5.02 Å². The molecule has 3 nitrogen and oxygen atoms in total. The molecule has 2 aromatic rings. The van der Waals surface area contributed by atoms with E-state index in [4.69, 9.17) is 16.3 Å². The number of hydrogen-bond acceptors (Lipinski definition) is 2. The molecule has 0 aliphatic heterocycles. The van der Waals surface area contributed by atoms with Gasteiger partial charge in [0.15, 0.2) is 6.10 Å². The molecule has 122 valence electrons. The molecule has 0 aliphatic rings. The third-order valence-electron chi connectivity index (χ3n) is 3.26. The number of aryl methyl sites for hydroxylation is 1. The average molecular weight is 401 g/mol. The van der Waals surface area contributed by atoms with Crippen molar-refractivity contribution >= 4 is 39.1 Å². The number of ether oxygens (including phenoxy) is 1. The van der Waals surface area contributed by atoms with E-state index in [9.17, 15) is 9.18 Å². The van der Waals surface area contributed by atoms with Gasteiger partial charge in [-0.1, -0.05) is 34.5 Å². The quantitative estimate of drug-likeness (QED) is 0.735. The Kier molecular flexibility index (Phi) is 6.02. The first-order valence-electron chi connectivity index (χ1n) is 7.09. The highest BCUT2D eigenvalue weighted by Crippen LogP contribution is 2.23. The molecule has 0 aliphatic carbocycles. The highest BCUT2D eigenvalue weighted by atomic mass is 79.9. The second kappa shape index (κ2) is 7.79. The minimum Gasteiger partial charge on any atom is -0.481 e. The van der Waals surface area contributed by atoms with Gasteiger partial charge in [-0.15, -0.1) is 0 Å². The number of halogens is 3. The van der Waals surface area contributed by atoms with Gasteiger partial charge in [-0.3, -0.25) is 4.79 Å². The smallest absolute Gasteiger partial charge is 0.265 e. The molecule has 0 aromatic heterocycles. The number of benzene rings is 2. The zero-order valence-electron chi connectivity index (χ0n) is 12.7. The fourth-order valence-electron chi connectivity index (χ4n) is 1.98. The number of carbonyl (C=O) groups excluding carboxylic acids is 1. The van der Waals surface area contributed by atoms with Crippen LogP contribution < -0.4 is 10.1 Å². The molecule has 0 radical (unpaired) electrons. The van der Waals surface area contributed by atoms with Crippen molar-refractivity contribution in [2.45, 2.75) is 26.4 Å². The van der Waals surface area contributed by atoms with E-state index in [-0.39, 0.29) is 5.69 Å². The van der Waals surface area contributed by atoms with Crippen molar-refractivity contribution in [2.75, 3.05) is 5.32 Å². The predicted molar refractivity (Wildman–Crippen MR) is 93.6 cm³/mol. The zero-order chi connectivity index (χ0) is 17.0. The highest BCUT2D eigenvalue weighted by Gasteiger charge is 2.20. The van der Waals surface area contributed by atoms with Crippen LogP contribution in [0.5, 0.6) is 5.75 Å². The minimum absolute atomic E-state index is 0.118. The summed E-state index contributed by atoms with van der Waals surface area (Å²) in [4.78, 5) is 12.3. The fourth-order valence-corrected chi connectivity index (χ4v) is 2.43. The van der Waals surface area contributed by atoms with Crippen molar-refractivity contribution < 1.29 is 13.9 Å². The maximum Gasteiger partial charge on any atom is 0.265 e. The first-order valence-corrected chi connectivity index (χ1v) is 8.26. The Labute approximate surface area is 147 Å². The number of nitrogens with one attached hydrogen (secondary N) is 1. The van der Waals surface area contributed by atoms with E-state index in [1.165, 1.54) is 12.1 Å². The Morgan fingerprint density at radius 2 is 2.09 bits per heavy atom. The summed E-state index contributed by atoms with van der Waals surface area (Å²) >= 11 is 9.14. The lowest BCUT2D eigenvalue weighted by molar-refractivity contribution is -0.122. The molecule has 0 heterocycles. The van der Waals surface area contributed by atoms with Crippen LogP contribution in [0.3, 0.4) is 0 Å². The van der Waals surface area contributed by atoms with Crippen molar-refractivity contribution in [3.8, 4) is 5.75 Å². The van der Waals surface area contributed by atoms with Gasteiger partial charge < -0.3 is 10.1 Å². The molecular formula is C17H16BrClFNO2. The van der Waals surface area contributed by atoms with E-state index < -0.39 is 17.8 Å². The summed E-state index contributed by atoms with van der Waals surface area (Å²) in [6.45, 7) is 3.68. The first kappa shape index (κ1) is 17.8. The van der Waals surface area contributed by atoms with Crippen LogP contribution in [-0.4, -0.2) is 12.0 Å². The summed E-state index contributed by atoms with van der Waals surface area (Å²) in [5.41, 5.74) is 0.978. The molecule has 6 heteroatoms. The van der Waals surface area contributed by atoms with Crippen LogP contribution in [0.4, 0.5) is 10.1 Å². The van der Waals surface area contributed by atoms with E-state index >= 15 is 0 Å². The van der Waals surface area contributed by atoms with Gasteiger partial charge in [0.05, 0.1) is 5.69 Å². The Bertz CT molecular complexity index is 724. The summed E-state index contributed by atoms with van der Waals surface area (Å²) in [6.07, 6.45) is -0.273. The van der Waals surface area contributed by atoms with Gasteiger partial charge in [-0.05, 0) is 55.3 Å². The van der Waals surface area contributed by atoms with E-state index in [0.29, 0.717) is 21.7 Å². The fraction of sp³-hybridized carbons (Fsp3) is 0.235. The molecule has 0 saturated heterocycles. The van der Waals surface area contributed by atoms with E-state index in [0.717, 1.165) is 5.56 Å². The minimum atomic E-state index is -0.723. The Morgan fingerprint density at radius 1 is 1.35 bits per heavy atom. The summed E-state index contributed by atoms with van der Waals surface area (Å²) < 4.78 is 20.1. The molecule has 2 rings (SSSR count). The van der Waals surface area contributed by atoms with Crippen molar-refractivity contribution in [3.63, 3.8) is 0 Å². The maximum atomic E-state index is 13.8. The molecule has 0 spiro atoms. The second-order valence-electron chi connectivity index (χ2n) is 5.04. The van der Waals surface area contributed by atoms with Crippen LogP contribution in [-0.2, 0) is 4.79 Å². The third-order valence-corrected chi connectivity index (χ3v) is 4.18. The summed E-state index contributed by atoms with van der Waals surface area (Å²) in [5, 5.41) is 3.18. The number of hydrogen-bond donors (Lipinski definition) is 1. The van der Waals surface area contributed by atoms with Gasteiger partial charge in [0.2, 0.25) is 0 Å². The molecule has 1 amide bonds. The standard InChI is InChI=1S/C17H16BrClFNO2/c1-3-16(23-12-5-6-13(19)10(2)8-12)17(22)21-15-7-4-11(18)9-14(15)20/h4-9,16H,3H2,1-2H3,(H,21,22)/t16-/m1/s1. The number of amides is 1. The largest absolute Gasteiger partial charge is 0.481 e. The molecule has 23 heavy (non-hydrogen) atoms. The Balaban J connectivity index is 2.10. The molecule has 0 unspecified atom stereocenters. The molecule has 1 atom stereocenters. The van der Waals surface area contributed by atoms with Crippen molar-refractivity contribution in [1.82, 2.24) is 0 Å². The second-order valence-corrected chi connectivity index (χ2v) is 6.36. The van der Waals surface area contributed by atoms with Crippen molar-refractivity contribution in [3.05, 3.63) is 57.3 Å². The Hall–Kier alpha value is -1.59. The van der Waals surface area contributed by atoms with Crippen molar-refractivity contribution in [1.29, 1.82) is 0 Å². The van der Waals surface area contributed by atoms with Crippen molar-refractivity contribution in [2.24, 2.45) is 0 Å². The zero-order valence-corrected chi connectivity index (χ0v) is 15.0. The summed E-state index contributed by atoms with van der Waals surface area (Å²) in [6, 6.07) is 9.62. The molecule has 0 fully saturated rings. The topological polar surface area (TPSA) is 38.3 Å². The molecule has 2 aromatic carbocycles. The van der Waals surface area contributed by atoms with Crippen LogP contribution in [0.1, 0.15) is 18.9 Å². The van der Waals surface area contributed by atoms with E-state index in [1.54, 1.807) is 24.3 Å². The van der Waals surface area contributed by atoms with Gasteiger partial charge in [0, 0.05) is 9.50 Å². The van der Waals surface area contributed by atoms with Gasteiger partial charge in [0.1, 0.15) is 11.6 Å². The normalized spacial score (nSPS) is 11.9.